The molecule has 3 heterocycles. The molecule has 0 spiro atoms. The fourth-order valence-electron chi connectivity index (χ4n) is 2.78. The van der Waals surface area contributed by atoms with E-state index in [2.05, 4.69) is 33.1 Å². The minimum Gasteiger partial charge on any atom is -0.382 e. The van der Waals surface area contributed by atoms with Crippen LogP contribution in [0.15, 0.2) is 30.5 Å². The van der Waals surface area contributed by atoms with E-state index in [1.165, 1.54) is 12.0 Å². The van der Waals surface area contributed by atoms with Crippen LogP contribution >= 0.6 is 0 Å². The van der Waals surface area contributed by atoms with Gasteiger partial charge in [-0.3, -0.25) is 9.88 Å². The monoisotopic (exact) mass is 269 g/mol. The van der Waals surface area contributed by atoms with Gasteiger partial charge in [0.1, 0.15) is 5.82 Å². The second kappa shape index (κ2) is 5.54. The zero-order valence-electron chi connectivity index (χ0n) is 11.7. The first-order valence-electron chi connectivity index (χ1n) is 6.97. The standard InChI is InChI=1S/C15H19N5/c1-11-12(4-2-8-17-11)10-20-9-3-5-14(20)13-6-7-15(16)19-18-13/h2,4,6-8,14H,3,5,9-10H2,1H3,(H2,16,19). The Morgan fingerprint density at radius 2 is 2.20 bits per heavy atom. The zero-order chi connectivity index (χ0) is 13.9. The lowest BCUT2D eigenvalue weighted by molar-refractivity contribution is 0.242. The topological polar surface area (TPSA) is 67.9 Å². The summed E-state index contributed by atoms with van der Waals surface area (Å²) in [4.78, 5) is 6.81. The van der Waals surface area contributed by atoms with Crippen LogP contribution in [0.4, 0.5) is 5.82 Å². The first-order chi connectivity index (χ1) is 9.74. The number of hydrogen-bond acceptors (Lipinski definition) is 5. The summed E-state index contributed by atoms with van der Waals surface area (Å²) >= 11 is 0. The minimum atomic E-state index is 0.336. The van der Waals surface area contributed by atoms with E-state index >= 15 is 0 Å². The van der Waals surface area contributed by atoms with Gasteiger partial charge in [0.2, 0.25) is 0 Å². The van der Waals surface area contributed by atoms with Crippen molar-refractivity contribution in [1.82, 2.24) is 20.1 Å². The van der Waals surface area contributed by atoms with E-state index in [-0.39, 0.29) is 0 Å². The van der Waals surface area contributed by atoms with Gasteiger partial charge < -0.3 is 5.73 Å². The van der Waals surface area contributed by atoms with Crippen LogP contribution in [0.3, 0.4) is 0 Å². The van der Waals surface area contributed by atoms with Crippen molar-refractivity contribution in [1.29, 1.82) is 0 Å². The van der Waals surface area contributed by atoms with E-state index in [1.807, 2.05) is 24.4 Å². The van der Waals surface area contributed by atoms with Gasteiger partial charge in [-0.2, -0.15) is 5.10 Å². The zero-order valence-corrected chi connectivity index (χ0v) is 11.7. The number of nitrogen functional groups attached to an aromatic ring is 1. The van der Waals surface area contributed by atoms with Crippen molar-refractivity contribution >= 4 is 5.82 Å². The molecule has 1 saturated heterocycles. The Morgan fingerprint density at radius 3 is 2.95 bits per heavy atom. The van der Waals surface area contributed by atoms with E-state index in [4.69, 9.17) is 5.73 Å². The smallest absolute Gasteiger partial charge is 0.146 e. The second-order valence-electron chi connectivity index (χ2n) is 5.26. The fourth-order valence-corrected chi connectivity index (χ4v) is 2.78. The first kappa shape index (κ1) is 13.0. The Labute approximate surface area is 118 Å². The van der Waals surface area contributed by atoms with Gasteiger partial charge in [0.25, 0.3) is 0 Å². The molecule has 1 fully saturated rings. The molecule has 1 aliphatic rings. The highest BCUT2D eigenvalue weighted by molar-refractivity contribution is 5.27. The summed E-state index contributed by atoms with van der Waals surface area (Å²) < 4.78 is 0. The van der Waals surface area contributed by atoms with Crippen LogP contribution in [0.25, 0.3) is 0 Å². The maximum absolute atomic E-state index is 5.61. The second-order valence-corrected chi connectivity index (χ2v) is 5.26. The summed E-state index contributed by atoms with van der Waals surface area (Å²) in [5.41, 5.74) is 9.00. The summed E-state index contributed by atoms with van der Waals surface area (Å²) in [5.74, 6) is 0.474. The van der Waals surface area contributed by atoms with Crippen LogP contribution in [-0.4, -0.2) is 26.6 Å². The van der Waals surface area contributed by atoms with Crippen molar-refractivity contribution in [2.24, 2.45) is 0 Å². The normalized spacial score (nSPS) is 19.4. The molecular weight excluding hydrogens is 250 g/mol. The SMILES string of the molecule is Cc1ncccc1CN1CCCC1c1ccc(N)nn1. The van der Waals surface area contributed by atoms with Crippen LogP contribution in [0, 0.1) is 6.92 Å². The number of aryl methyl sites for hydroxylation is 1. The predicted molar refractivity (Wildman–Crippen MR) is 77.8 cm³/mol. The quantitative estimate of drug-likeness (QED) is 0.924. The Bertz CT molecular complexity index is 581. The maximum atomic E-state index is 5.61. The van der Waals surface area contributed by atoms with Gasteiger partial charge in [-0.25, -0.2) is 0 Å². The lowest BCUT2D eigenvalue weighted by atomic mass is 10.1. The molecule has 0 aromatic carbocycles. The number of nitrogens with zero attached hydrogens (tertiary/aromatic N) is 4. The van der Waals surface area contributed by atoms with Crippen molar-refractivity contribution < 1.29 is 0 Å². The molecule has 1 aliphatic heterocycles. The molecule has 5 heteroatoms. The molecular formula is C15H19N5. The van der Waals surface area contributed by atoms with Crippen molar-refractivity contribution in [2.45, 2.75) is 32.4 Å². The van der Waals surface area contributed by atoms with E-state index in [1.54, 1.807) is 0 Å². The minimum absolute atomic E-state index is 0.336. The summed E-state index contributed by atoms with van der Waals surface area (Å²) in [7, 11) is 0. The van der Waals surface area contributed by atoms with Gasteiger partial charge in [0, 0.05) is 18.4 Å². The third kappa shape index (κ3) is 2.63. The largest absolute Gasteiger partial charge is 0.382 e. The van der Waals surface area contributed by atoms with Gasteiger partial charge in [-0.15, -0.1) is 5.10 Å². The predicted octanol–water partition coefficient (Wildman–Crippen LogP) is 2.10. The molecule has 1 atom stereocenters. The van der Waals surface area contributed by atoms with Crippen molar-refractivity contribution in [2.75, 3.05) is 12.3 Å². The van der Waals surface area contributed by atoms with Gasteiger partial charge in [-0.05, 0) is 50.1 Å². The summed E-state index contributed by atoms with van der Waals surface area (Å²) in [6.45, 7) is 4.06. The molecule has 0 radical (unpaired) electrons. The highest BCUT2D eigenvalue weighted by Crippen LogP contribution is 2.32. The van der Waals surface area contributed by atoms with Crippen LogP contribution < -0.4 is 5.73 Å². The number of hydrogen-bond donors (Lipinski definition) is 1. The third-order valence-corrected chi connectivity index (χ3v) is 3.90. The van der Waals surface area contributed by atoms with Crippen molar-refractivity contribution in [3.63, 3.8) is 0 Å². The van der Waals surface area contributed by atoms with E-state index < -0.39 is 0 Å². The van der Waals surface area contributed by atoms with Crippen LogP contribution in [0.2, 0.25) is 0 Å². The molecule has 3 rings (SSSR count). The number of likely N-dealkylation sites (tertiary alicyclic amines) is 1. The molecule has 20 heavy (non-hydrogen) atoms. The Hall–Kier alpha value is -2.01. The summed E-state index contributed by atoms with van der Waals surface area (Å²) in [6, 6.07) is 8.29. The Balaban J connectivity index is 1.79. The molecule has 0 amide bonds. The van der Waals surface area contributed by atoms with Gasteiger partial charge >= 0.3 is 0 Å². The van der Waals surface area contributed by atoms with Crippen molar-refractivity contribution in [3.8, 4) is 0 Å². The molecule has 5 nitrogen and oxygen atoms in total. The first-order valence-corrected chi connectivity index (χ1v) is 6.97. The Kier molecular flexibility index (Phi) is 3.60. The fraction of sp³-hybridized carbons (Fsp3) is 0.400. The number of anilines is 1. The maximum Gasteiger partial charge on any atom is 0.146 e. The van der Waals surface area contributed by atoms with Crippen molar-refractivity contribution in [3.05, 3.63) is 47.4 Å². The molecule has 0 bridgehead atoms. The lowest BCUT2D eigenvalue weighted by Gasteiger charge is -2.24. The molecule has 104 valence electrons. The van der Waals surface area contributed by atoms with E-state index in [0.29, 0.717) is 11.9 Å². The van der Waals surface area contributed by atoms with Crippen LogP contribution in [-0.2, 0) is 6.54 Å². The number of rotatable bonds is 3. The average molecular weight is 269 g/mol. The number of nitrogens with two attached hydrogens (primary N) is 1. The van der Waals surface area contributed by atoms with Crippen LogP contribution in [0.1, 0.15) is 35.8 Å². The van der Waals surface area contributed by atoms with Gasteiger partial charge in [-0.1, -0.05) is 6.07 Å². The molecule has 2 aromatic rings. The van der Waals surface area contributed by atoms with E-state index in [9.17, 15) is 0 Å². The van der Waals surface area contributed by atoms with Gasteiger partial charge in [0.15, 0.2) is 0 Å². The third-order valence-electron chi connectivity index (χ3n) is 3.90. The number of pyridine rings is 1. The molecule has 0 aliphatic carbocycles. The van der Waals surface area contributed by atoms with E-state index in [0.717, 1.165) is 30.9 Å². The molecule has 2 N–H and O–H groups in total. The number of aromatic nitrogens is 3. The van der Waals surface area contributed by atoms with Gasteiger partial charge in [0.05, 0.1) is 11.7 Å². The summed E-state index contributed by atoms with van der Waals surface area (Å²) in [6.07, 6.45) is 4.15. The summed E-state index contributed by atoms with van der Waals surface area (Å²) in [5, 5.41) is 8.21. The molecule has 2 aromatic heterocycles. The lowest BCUT2D eigenvalue weighted by Crippen LogP contribution is -2.24. The molecule has 1 unspecified atom stereocenters. The van der Waals surface area contributed by atoms with Crippen LogP contribution in [0.5, 0.6) is 0 Å². The Morgan fingerprint density at radius 1 is 1.30 bits per heavy atom. The highest BCUT2D eigenvalue weighted by atomic mass is 15.2. The molecule has 0 saturated carbocycles. The highest BCUT2D eigenvalue weighted by Gasteiger charge is 2.27. The average Bonchev–Trinajstić information content (AvgIpc) is 2.90.